The van der Waals surface area contributed by atoms with Crippen LogP contribution in [0.15, 0.2) is 74.4 Å². The van der Waals surface area contributed by atoms with Gasteiger partial charge in [0.05, 0.1) is 12.0 Å². The maximum Gasteiger partial charge on any atom is 0.250 e. The largest absolute Gasteiger partial charge is 0.508 e. The number of thioether (sulfide) groups is 2. The fraction of sp³-hybridized carbons (Fsp3) is 0.0909. The van der Waals surface area contributed by atoms with Crippen molar-refractivity contribution in [1.29, 1.82) is 0 Å². The number of amides is 1. The van der Waals surface area contributed by atoms with Crippen LogP contribution in [-0.4, -0.2) is 38.3 Å². The van der Waals surface area contributed by atoms with Crippen LogP contribution in [0.5, 0.6) is 11.5 Å². The molecule has 7 nitrogen and oxygen atoms in total. The van der Waals surface area contributed by atoms with Gasteiger partial charge in [0.25, 0.3) is 5.91 Å². The topological polar surface area (TPSA) is 108 Å². The summed E-state index contributed by atoms with van der Waals surface area (Å²) in [7, 11) is 0. The van der Waals surface area contributed by atoms with Crippen molar-refractivity contribution in [1.82, 2.24) is 15.6 Å². The number of phenolic OH excluding ortho intramolecular Hbond substituents is 2. The first-order valence-electron chi connectivity index (χ1n) is 9.48. The molecule has 0 saturated carbocycles. The average Bonchev–Trinajstić information content (AvgIpc) is 3.25. The monoisotopic (exact) mass is 482 g/mol. The summed E-state index contributed by atoms with van der Waals surface area (Å²) >= 11 is 4.36. The fourth-order valence-corrected chi connectivity index (χ4v) is 5.66. The number of carbonyl (C=O) groups is 1. The maximum atomic E-state index is 12.0. The van der Waals surface area contributed by atoms with Crippen molar-refractivity contribution in [3.63, 3.8) is 0 Å². The summed E-state index contributed by atoms with van der Waals surface area (Å²) in [6.45, 7) is 0. The van der Waals surface area contributed by atoms with Crippen LogP contribution in [0.4, 0.5) is 0 Å². The number of hydrazone groups is 1. The van der Waals surface area contributed by atoms with E-state index >= 15 is 0 Å². The van der Waals surface area contributed by atoms with Crippen LogP contribution >= 0.6 is 34.9 Å². The van der Waals surface area contributed by atoms with Crippen LogP contribution < -0.4 is 5.43 Å². The van der Waals surface area contributed by atoms with Gasteiger partial charge in [0, 0.05) is 17.4 Å². The second-order valence-electron chi connectivity index (χ2n) is 6.59. The van der Waals surface area contributed by atoms with Gasteiger partial charge in [0.2, 0.25) is 0 Å². The molecule has 10 heteroatoms. The first-order valence-corrected chi connectivity index (χ1v) is 12.3. The van der Waals surface area contributed by atoms with E-state index < -0.39 is 0 Å². The van der Waals surface area contributed by atoms with Crippen molar-refractivity contribution in [3.8, 4) is 11.5 Å². The van der Waals surface area contributed by atoms with Crippen LogP contribution in [-0.2, 0) is 10.5 Å². The van der Waals surface area contributed by atoms with Crippen LogP contribution in [0.25, 0.3) is 10.8 Å². The molecule has 0 fully saturated rings. The zero-order chi connectivity index (χ0) is 22.3. The summed E-state index contributed by atoms with van der Waals surface area (Å²) in [5.41, 5.74) is 4.03. The maximum absolute atomic E-state index is 12.0. The van der Waals surface area contributed by atoms with E-state index in [1.807, 2.05) is 12.1 Å². The molecule has 1 aromatic heterocycles. The number of fused-ring (bicyclic) bond motifs is 1. The molecule has 3 aromatic carbocycles. The lowest BCUT2D eigenvalue weighted by atomic mass is 10.1. The first-order chi connectivity index (χ1) is 15.6. The normalized spacial score (nSPS) is 11.2. The Morgan fingerprint density at radius 2 is 1.81 bits per heavy atom. The van der Waals surface area contributed by atoms with Crippen molar-refractivity contribution in [2.24, 2.45) is 5.10 Å². The van der Waals surface area contributed by atoms with Gasteiger partial charge >= 0.3 is 0 Å². The van der Waals surface area contributed by atoms with Crippen molar-refractivity contribution < 1.29 is 15.0 Å². The zero-order valence-corrected chi connectivity index (χ0v) is 19.1. The van der Waals surface area contributed by atoms with Gasteiger partial charge in [-0.15, -0.1) is 10.2 Å². The molecule has 1 amide bonds. The predicted octanol–water partition coefficient (Wildman–Crippen LogP) is 4.64. The molecule has 4 aromatic rings. The molecule has 0 aliphatic heterocycles. The van der Waals surface area contributed by atoms with E-state index in [4.69, 9.17) is 0 Å². The number of nitrogens with zero attached hydrogens (tertiary/aromatic N) is 3. The highest BCUT2D eigenvalue weighted by Crippen LogP contribution is 2.32. The average molecular weight is 483 g/mol. The van der Waals surface area contributed by atoms with Crippen molar-refractivity contribution in [3.05, 3.63) is 71.8 Å². The summed E-state index contributed by atoms with van der Waals surface area (Å²) in [6, 6.07) is 18.7. The molecule has 0 aliphatic rings. The summed E-state index contributed by atoms with van der Waals surface area (Å²) in [5, 5.41) is 33.6. The zero-order valence-electron chi connectivity index (χ0n) is 16.6. The standard InChI is InChI=1S/C22H18N4O3S3/c27-17-9-8-15(19(28)10-17)11-23-24-20(29)13-31-22-26-25-21(32-22)30-12-16-6-3-5-14-4-1-2-7-18(14)16/h1-11,27-28H,12-13H2,(H,24,29)/b23-11-. The molecule has 0 spiro atoms. The molecule has 0 bridgehead atoms. The van der Waals surface area contributed by atoms with Gasteiger partial charge in [-0.3, -0.25) is 4.79 Å². The molecule has 1 heterocycles. The molecule has 4 rings (SSSR count). The Bertz CT molecular complexity index is 1270. The van der Waals surface area contributed by atoms with Crippen LogP contribution in [0, 0.1) is 0 Å². The molecular weight excluding hydrogens is 464 g/mol. The van der Waals surface area contributed by atoms with E-state index in [1.165, 1.54) is 63.8 Å². The Kier molecular flexibility index (Phi) is 7.25. The highest BCUT2D eigenvalue weighted by molar-refractivity contribution is 8.03. The molecule has 0 radical (unpaired) electrons. The van der Waals surface area contributed by atoms with Crippen molar-refractivity contribution in [2.75, 3.05) is 5.75 Å². The van der Waals surface area contributed by atoms with E-state index in [-0.39, 0.29) is 23.2 Å². The fourth-order valence-electron chi connectivity index (χ4n) is 2.85. The molecular formula is C22H18N4O3S3. The summed E-state index contributed by atoms with van der Waals surface area (Å²) in [6.07, 6.45) is 1.31. The van der Waals surface area contributed by atoms with Gasteiger partial charge in [-0.2, -0.15) is 5.10 Å². The second kappa shape index (κ2) is 10.5. The van der Waals surface area contributed by atoms with Crippen molar-refractivity contribution >= 4 is 57.8 Å². The lowest BCUT2D eigenvalue weighted by Crippen LogP contribution is -2.19. The highest BCUT2D eigenvalue weighted by atomic mass is 32.2. The third-order valence-electron chi connectivity index (χ3n) is 4.35. The third-order valence-corrected chi connectivity index (χ3v) is 7.59. The molecule has 3 N–H and O–H groups in total. The minimum Gasteiger partial charge on any atom is -0.508 e. The quantitative estimate of drug-likeness (QED) is 0.191. The Morgan fingerprint density at radius 3 is 2.66 bits per heavy atom. The Hall–Kier alpha value is -3.08. The number of aromatic hydroxyl groups is 2. The number of hydrogen-bond donors (Lipinski definition) is 3. The summed E-state index contributed by atoms with van der Waals surface area (Å²) in [5.74, 6) is 0.456. The van der Waals surface area contributed by atoms with E-state index in [2.05, 4.69) is 51.1 Å². The van der Waals surface area contributed by atoms with Crippen molar-refractivity contribution in [2.45, 2.75) is 14.4 Å². The van der Waals surface area contributed by atoms with Gasteiger partial charge in [0.15, 0.2) is 8.68 Å². The Morgan fingerprint density at radius 1 is 1.03 bits per heavy atom. The molecule has 0 atom stereocenters. The molecule has 32 heavy (non-hydrogen) atoms. The minimum atomic E-state index is -0.301. The van der Waals surface area contributed by atoms with Crippen LogP contribution in [0.2, 0.25) is 0 Å². The lowest BCUT2D eigenvalue weighted by molar-refractivity contribution is -0.118. The minimum absolute atomic E-state index is 0.0493. The van der Waals surface area contributed by atoms with E-state index in [9.17, 15) is 15.0 Å². The van der Waals surface area contributed by atoms with Gasteiger partial charge in [-0.05, 0) is 28.5 Å². The first kappa shape index (κ1) is 22.1. The summed E-state index contributed by atoms with van der Waals surface area (Å²) in [4.78, 5) is 12.0. The van der Waals surface area contributed by atoms with E-state index in [0.717, 1.165) is 10.1 Å². The number of nitrogens with one attached hydrogen (secondary N) is 1. The number of rotatable bonds is 8. The van der Waals surface area contributed by atoms with E-state index in [0.29, 0.717) is 9.90 Å². The molecule has 0 saturated heterocycles. The second-order valence-corrected chi connectivity index (χ2v) is 10.0. The van der Waals surface area contributed by atoms with E-state index in [1.54, 1.807) is 11.8 Å². The highest BCUT2D eigenvalue weighted by Gasteiger charge is 2.10. The number of phenols is 2. The van der Waals surface area contributed by atoms with Gasteiger partial charge < -0.3 is 10.2 Å². The lowest BCUT2D eigenvalue weighted by Gasteiger charge is -2.04. The molecule has 0 aliphatic carbocycles. The Balaban J connectivity index is 1.26. The van der Waals surface area contributed by atoms with Crippen LogP contribution in [0.1, 0.15) is 11.1 Å². The predicted molar refractivity (Wildman–Crippen MR) is 130 cm³/mol. The number of benzene rings is 3. The van der Waals surface area contributed by atoms with Crippen LogP contribution in [0.3, 0.4) is 0 Å². The summed E-state index contributed by atoms with van der Waals surface area (Å²) < 4.78 is 1.56. The van der Waals surface area contributed by atoms with Gasteiger partial charge in [-0.1, -0.05) is 77.3 Å². The number of carbonyl (C=O) groups excluding carboxylic acids is 1. The molecule has 162 valence electrons. The Labute approximate surface area is 196 Å². The smallest absolute Gasteiger partial charge is 0.250 e. The number of aromatic nitrogens is 2. The molecule has 0 unspecified atom stereocenters. The SMILES string of the molecule is O=C(CSc1nnc(SCc2cccc3ccccc23)s1)N/N=C\c1ccc(O)cc1O. The number of hydrogen-bond acceptors (Lipinski definition) is 9. The van der Waals surface area contributed by atoms with Gasteiger partial charge in [0.1, 0.15) is 11.5 Å². The third kappa shape index (κ3) is 5.78. The van der Waals surface area contributed by atoms with Gasteiger partial charge in [-0.25, -0.2) is 5.43 Å².